The van der Waals surface area contributed by atoms with Crippen LogP contribution in [0.2, 0.25) is 0 Å². The minimum Gasteiger partial charge on any atom is -0.474 e. The van der Waals surface area contributed by atoms with Gasteiger partial charge in [0.05, 0.1) is 12.1 Å². The summed E-state index contributed by atoms with van der Waals surface area (Å²) in [7, 11) is 2.06. The molecule has 2 aliphatic rings. The molecule has 1 aliphatic heterocycles. The lowest BCUT2D eigenvalue weighted by Gasteiger charge is -2.31. The second-order valence-corrected chi connectivity index (χ2v) is 11.3. The molecule has 4 atom stereocenters. The number of likely N-dealkylation sites (tertiary alicyclic amines) is 1. The number of likely N-dealkylation sites (N-methyl/N-ethyl adjacent to an activating group) is 1. The van der Waals surface area contributed by atoms with E-state index in [2.05, 4.69) is 31.1 Å². The zero-order valence-electron chi connectivity index (χ0n) is 20.6. The van der Waals surface area contributed by atoms with Gasteiger partial charge in [-0.05, 0) is 69.9 Å². The largest absolute Gasteiger partial charge is 0.474 e. The molecule has 0 bridgehead atoms. The van der Waals surface area contributed by atoms with E-state index in [4.69, 9.17) is 4.74 Å². The predicted molar refractivity (Wildman–Crippen MR) is 120 cm³/mol. The van der Waals surface area contributed by atoms with E-state index >= 15 is 0 Å². The molecule has 0 aromatic carbocycles. The van der Waals surface area contributed by atoms with Crippen molar-refractivity contribution in [2.45, 2.75) is 93.3 Å². The molecular formula is C24H44N2O3. The monoisotopic (exact) mass is 408 g/mol. The van der Waals surface area contributed by atoms with E-state index in [0.29, 0.717) is 23.0 Å². The van der Waals surface area contributed by atoms with Crippen LogP contribution >= 0.6 is 0 Å². The average molecular weight is 409 g/mol. The molecule has 1 N–H and O–H groups in total. The Morgan fingerprint density at radius 3 is 2.10 bits per heavy atom. The molecule has 1 aliphatic carbocycles. The van der Waals surface area contributed by atoms with Crippen molar-refractivity contribution in [2.24, 2.45) is 22.7 Å². The van der Waals surface area contributed by atoms with Crippen LogP contribution in [0.1, 0.15) is 75.7 Å². The minimum atomic E-state index is -0.265. The van der Waals surface area contributed by atoms with Gasteiger partial charge in [-0.15, -0.1) is 0 Å². The summed E-state index contributed by atoms with van der Waals surface area (Å²) in [5.74, 6) is 2.44. The van der Waals surface area contributed by atoms with Crippen molar-refractivity contribution >= 4 is 12.1 Å². The van der Waals surface area contributed by atoms with Gasteiger partial charge in [-0.25, -0.2) is 0 Å². The van der Waals surface area contributed by atoms with Gasteiger partial charge in [0.2, 0.25) is 0 Å². The SMILES string of the molecule is CC(=O)C1C2C(CN1C)C2(C)C.CC/C=C(\NC(C=O)C(C)(C)C)OC(C)(C)C. The molecule has 2 rings (SSSR count). The van der Waals surface area contributed by atoms with Gasteiger partial charge in [0.1, 0.15) is 17.7 Å². The highest BCUT2D eigenvalue weighted by Crippen LogP contribution is 2.64. The fourth-order valence-corrected chi connectivity index (χ4v) is 4.28. The first-order valence-electron chi connectivity index (χ1n) is 10.9. The summed E-state index contributed by atoms with van der Waals surface area (Å²) in [6, 6.07) is -0.0346. The fourth-order valence-electron chi connectivity index (χ4n) is 4.28. The van der Waals surface area contributed by atoms with E-state index in [1.54, 1.807) is 6.92 Å². The Bertz CT molecular complexity index is 611. The normalized spacial score (nSPS) is 27.3. The first-order chi connectivity index (χ1) is 13.1. The minimum absolute atomic E-state index is 0.129. The number of carbonyl (C=O) groups excluding carboxylic acids is 2. The number of hydrogen-bond donors (Lipinski definition) is 1. The number of piperidine rings is 1. The van der Waals surface area contributed by atoms with E-state index in [-0.39, 0.29) is 23.1 Å². The number of carbonyl (C=O) groups is 2. The van der Waals surface area contributed by atoms with Gasteiger partial charge >= 0.3 is 0 Å². The number of Topliss-reactive ketones (excluding diaryl/α,β-unsaturated/α-hetero) is 1. The highest BCUT2D eigenvalue weighted by Gasteiger charge is 2.66. The third kappa shape index (κ3) is 6.84. The van der Waals surface area contributed by atoms with Crippen LogP contribution in [0.25, 0.3) is 0 Å². The smallest absolute Gasteiger partial charge is 0.183 e. The maximum atomic E-state index is 11.3. The number of aldehydes is 1. The molecule has 4 unspecified atom stereocenters. The molecule has 0 radical (unpaired) electrons. The zero-order chi connectivity index (χ0) is 22.8. The van der Waals surface area contributed by atoms with Gasteiger partial charge in [-0.3, -0.25) is 9.69 Å². The molecule has 0 aromatic rings. The number of fused-ring (bicyclic) bond motifs is 1. The molecule has 2 fully saturated rings. The third-order valence-corrected chi connectivity index (χ3v) is 6.03. The Hall–Kier alpha value is -1.36. The molecule has 0 amide bonds. The second-order valence-electron chi connectivity index (χ2n) is 11.3. The zero-order valence-corrected chi connectivity index (χ0v) is 20.6. The summed E-state index contributed by atoms with van der Waals surface area (Å²) in [5.41, 5.74) is 0.0397. The Morgan fingerprint density at radius 2 is 1.79 bits per heavy atom. The quantitative estimate of drug-likeness (QED) is 0.521. The van der Waals surface area contributed by atoms with Crippen LogP contribution in [-0.4, -0.2) is 48.2 Å². The highest BCUT2D eigenvalue weighted by atomic mass is 16.5. The van der Waals surface area contributed by atoms with Crippen LogP contribution in [0, 0.1) is 22.7 Å². The second kappa shape index (κ2) is 9.20. The fraction of sp³-hybridized carbons (Fsp3) is 0.833. The number of ether oxygens (including phenoxy) is 1. The summed E-state index contributed by atoms with van der Waals surface area (Å²) in [4.78, 5) is 24.7. The molecule has 1 saturated heterocycles. The Morgan fingerprint density at radius 1 is 1.24 bits per heavy atom. The van der Waals surface area contributed by atoms with Gasteiger partial charge < -0.3 is 14.8 Å². The van der Waals surface area contributed by atoms with Gasteiger partial charge in [0.15, 0.2) is 5.88 Å². The Balaban J connectivity index is 0.000000304. The van der Waals surface area contributed by atoms with Crippen molar-refractivity contribution in [3.05, 3.63) is 12.0 Å². The van der Waals surface area contributed by atoms with Crippen LogP contribution in [-0.2, 0) is 14.3 Å². The average Bonchev–Trinajstić information content (AvgIpc) is 2.88. The molecule has 29 heavy (non-hydrogen) atoms. The number of allylic oxidation sites excluding steroid dienone is 1. The number of rotatable bonds is 6. The van der Waals surface area contributed by atoms with E-state index < -0.39 is 0 Å². The lowest BCUT2D eigenvalue weighted by Crippen LogP contribution is -2.42. The van der Waals surface area contributed by atoms with Crippen molar-refractivity contribution in [3.63, 3.8) is 0 Å². The predicted octanol–water partition coefficient (Wildman–Crippen LogP) is 4.42. The van der Waals surface area contributed by atoms with Crippen molar-refractivity contribution in [3.8, 4) is 0 Å². The summed E-state index contributed by atoms with van der Waals surface area (Å²) in [6.45, 7) is 21.5. The lowest BCUT2D eigenvalue weighted by atomic mass is 9.88. The van der Waals surface area contributed by atoms with Gasteiger partial charge in [-0.1, -0.05) is 41.5 Å². The molecule has 5 nitrogen and oxygen atoms in total. The Labute approximate surface area is 178 Å². The highest BCUT2D eigenvalue weighted by molar-refractivity contribution is 5.83. The molecular weight excluding hydrogens is 364 g/mol. The molecule has 0 spiro atoms. The molecule has 1 saturated carbocycles. The summed E-state index contributed by atoms with van der Waals surface area (Å²) >= 11 is 0. The van der Waals surface area contributed by atoms with E-state index in [0.717, 1.165) is 25.2 Å². The van der Waals surface area contributed by atoms with Gasteiger partial charge in [-0.2, -0.15) is 0 Å². The third-order valence-electron chi connectivity index (χ3n) is 6.03. The van der Waals surface area contributed by atoms with Crippen molar-refractivity contribution in [2.75, 3.05) is 13.6 Å². The van der Waals surface area contributed by atoms with Crippen molar-refractivity contribution in [1.29, 1.82) is 0 Å². The van der Waals surface area contributed by atoms with E-state index in [1.807, 2.05) is 54.5 Å². The van der Waals surface area contributed by atoms with E-state index in [9.17, 15) is 9.59 Å². The van der Waals surface area contributed by atoms with Crippen molar-refractivity contribution < 1.29 is 14.3 Å². The number of ketones is 1. The molecule has 0 aromatic heterocycles. The number of nitrogens with zero attached hydrogens (tertiary/aromatic N) is 1. The summed E-state index contributed by atoms with van der Waals surface area (Å²) in [5, 5.41) is 3.17. The Kier molecular flexibility index (Phi) is 8.14. The maximum absolute atomic E-state index is 11.3. The maximum Gasteiger partial charge on any atom is 0.183 e. The number of hydrogen-bond acceptors (Lipinski definition) is 5. The van der Waals surface area contributed by atoms with Crippen LogP contribution in [0.15, 0.2) is 12.0 Å². The van der Waals surface area contributed by atoms with Crippen LogP contribution in [0.3, 0.4) is 0 Å². The lowest BCUT2D eigenvalue weighted by molar-refractivity contribution is -0.122. The van der Waals surface area contributed by atoms with Crippen LogP contribution in [0.5, 0.6) is 0 Å². The molecule has 168 valence electrons. The van der Waals surface area contributed by atoms with Gasteiger partial charge in [0.25, 0.3) is 0 Å². The standard InChI is InChI=1S/C14H27NO2.C10H17NO/c1-8-9-12(17-14(5,6)7)15-11(10-16)13(2,3)4;1-6(12)9-8-7(5-11(9)4)10(8,2)3/h9-11,15H,8H2,1-7H3;7-9H,5H2,1-4H3/b12-9+;. The number of nitrogens with one attached hydrogen (secondary N) is 1. The molecule has 5 heteroatoms. The summed E-state index contributed by atoms with van der Waals surface area (Å²) < 4.78 is 5.80. The molecule has 1 heterocycles. The van der Waals surface area contributed by atoms with Crippen LogP contribution in [0.4, 0.5) is 0 Å². The van der Waals surface area contributed by atoms with E-state index in [1.165, 1.54) is 0 Å². The van der Waals surface area contributed by atoms with Crippen molar-refractivity contribution in [1.82, 2.24) is 10.2 Å². The van der Waals surface area contributed by atoms with Crippen LogP contribution < -0.4 is 5.32 Å². The first-order valence-corrected chi connectivity index (χ1v) is 10.9. The summed E-state index contributed by atoms with van der Waals surface area (Å²) in [6.07, 6.45) is 3.77. The first kappa shape index (κ1) is 25.7. The topological polar surface area (TPSA) is 58.6 Å². The van der Waals surface area contributed by atoms with Gasteiger partial charge in [0, 0.05) is 6.54 Å².